The molecule has 1 aliphatic rings. The first-order chi connectivity index (χ1) is 7.34. The summed E-state index contributed by atoms with van der Waals surface area (Å²) >= 11 is 0. The van der Waals surface area contributed by atoms with Gasteiger partial charge in [0.1, 0.15) is 0 Å². The van der Waals surface area contributed by atoms with E-state index in [0.29, 0.717) is 5.92 Å². The molecule has 1 saturated heterocycles. The fourth-order valence-electron chi connectivity index (χ4n) is 2.27. The number of fused-ring (bicyclic) bond motifs is 1. The van der Waals surface area contributed by atoms with Crippen LogP contribution in [-0.2, 0) is 0 Å². The highest BCUT2D eigenvalue weighted by Gasteiger charge is 2.20. The Morgan fingerprint density at radius 3 is 3.27 bits per heavy atom. The van der Waals surface area contributed by atoms with Crippen LogP contribution in [0.4, 0.5) is 0 Å². The van der Waals surface area contributed by atoms with Gasteiger partial charge in [-0.3, -0.25) is 0 Å². The predicted octanol–water partition coefficient (Wildman–Crippen LogP) is 1.11. The first-order valence-electron chi connectivity index (χ1n) is 5.36. The maximum Gasteiger partial charge on any atom is 0.155 e. The lowest BCUT2D eigenvalue weighted by atomic mass is 10.0. The number of aromatic nitrogens is 3. The van der Waals surface area contributed by atoms with Gasteiger partial charge < -0.3 is 5.32 Å². The smallest absolute Gasteiger partial charge is 0.155 e. The van der Waals surface area contributed by atoms with Crippen LogP contribution in [-0.4, -0.2) is 27.7 Å². The second-order valence-electron chi connectivity index (χ2n) is 4.11. The minimum Gasteiger partial charge on any atom is -0.316 e. The minimum atomic E-state index is 0.578. The van der Waals surface area contributed by atoms with E-state index in [1.165, 1.54) is 12.1 Å². The van der Waals surface area contributed by atoms with Crippen molar-refractivity contribution in [3.63, 3.8) is 0 Å². The minimum absolute atomic E-state index is 0.578. The van der Waals surface area contributed by atoms with Crippen molar-refractivity contribution >= 4 is 5.65 Å². The lowest BCUT2D eigenvalue weighted by molar-refractivity contribution is 0.689. The zero-order chi connectivity index (χ0) is 10.3. The van der Waals surface area contributed by atoms with Gasteiger partial charge in [-0.1, -0.05) is 0 Å². The maximum absolute atomic E-state index is 4.45. The highest BCUT2D eigenvalue weighted by atomic mass is 15.3. The molecular weight excluding hydrogens is 188 g/mol. The highest BCUT2D eigenvalue weighted by Crippen LogP contribution is 2.22. The van der Waals surface area contributed by atoms with Gasteiger partial charge in [0, 0.05) is 24.2 Å². The van der Waals surface area contributed by atoms with Crippen molar-refractivity contribution in [2.75, 3.05) is 13.1 Å². The van der Waals surface area contributed by atoms with Crippen LogP contribution in [0.25, 0.3) is 5.65 Å². The van der Waals surface area contributed by atoms with Crippen molar-refractivity contribution in [1.29, 1.82) is 0 Å². The van der Waals surface area contributed by atoms with Gasteiger partial charge in [0.05, 0.1) is 11.9 Å². The highest BCUT2D eigenvalue weighted by molar-refractivity contribution is 5.39. The molecule has 1 unspecified atom stereocenters. The van der Waals surface area contributed by atoms with E-state index < -0.39 is 0 Å². The molecule has 1 fully saturated rings. The van der Waals surface area contributed by atoms with Crippen LogP contribution in [0.2, 0.25) is 0 Å². The Balaban J connectivity index is 2.18. The van der Waals surface area contributed by atoms with Gasteiger partial charge in [-0.2, -0.15) is 5.10 Å². The van der Waals surface area contributed by atoms with Crippen LogP contribution >= 0.6 is 0 Å². The first kappa shape index (κ1) is 8.85. The molecule has 15 heavy (non-hydrogen) atoms. The summed E-state index contributed by atoms with van der Waals surface area (Å²) in [5.41, 5.74) is 3.31. The second-order valence-corrected chi connectivity index (χ2v) is 4.11. The summed E-state index contributed by atoms with van der Waals surface area (Å²) in [7, 11) is 0. The maximum atomic E-state index is 4.45. The molecule has 78 valence electrons. The Morgan fingerprint density at radius 2 is 2.47 bits per heavy atom. The van der Waals surface area contributed by atoms with Gasteiger partial charge in [-0.25, -0.2) is 9.50 Å². The number of rotatable bonds is 1. The summed E-state index contributed by atoms with van der Waals surface area (Å²) in [5, 5.41) is 7.72. The lowest BCUT2D eigenvalue weighted by Crippen LogP contribution is -2.12. The van der Waals surface area contributed by atoms with Gasteiger partial charge in [-0.05, 0) is 26.0 Å². The van der Waals surface area contributed by atoms with Gasteiger partial charge in [0.25, 0.3) is 0 Å². The number of nitrogens with zero attached hydrogens (tertiary/aromatic N) is 3. The van der Waals surface area contributed by atoms with Crippen LogP contribution in [0.15, 0.2) is 18.3 Å². The third kappa shape index (κ3) is 1.41. The third-order valence-corrected chi connectivity index (χ3v) is 2.99. The summed E-state index contributed by atoms with van der Waals surface area (Å²) < 4.78 is 1.96. The molecule has 0 bridgehead atoms. The van der Waals surface area contributed by atoms with Gasteiger partial charge >= 0.3 is 0 Å². The Morgan fingerprint density at radius 1 is 1.53 bits per heavy atom. The van der Waals surface area contributed by atoms with Crippen molar-refractivity contribution in [2.45, 2.75) is 19.3 Å². The van der Waals surface area contributed by atoms with Crippen molar-refractivity contribution in [3.05, 3.63) is 29.7 Å². The average Bonchev–Trinajstić information content (AvgIpc) is 2.86. The second kappa shape index (κ2) is 3.31. The van der Waals surface area contributed by atoms with Gasteiger partial charge in [-0.15, -0.1) is 0 Å². The summed E-state index contributed by atoms with van der Waals surface area (Å²) in [4.78, 5) is 4.45. The van der Waals surface area contributed by atoms with Crippen LogP contribution in [0.3, 0.4) is 0 Å². The van der Waals surface area contributed by atoms with Gasteiger partial charge in [0.2, 0.25) is 0 Å². The van der Waals surface area contributed by atoms with E-state index in [1.54, 1.807) is 0 Å². The molecular formula is C11H14N4. The number of aryl methyl sites for hydroxylation is 1. The fourth-order valence-corrected chi connectivity index (χ4v) is 2.27. The zero-order valence-electron chi connectivity index (χ0n) is 8.77. The Hall–Kier alpha value is -1.42. The van der Waals surface area contributed by atoms with Crippen LogP contribution in [0, 0.1) is 6.92 Å². The molecule has 1 N–H and O–H groups in total. The first-order valence-corrected chi connectivity index (χ1v) is 5.36. The molecule has 0 amide bonds. The topological polar surface area (TPSA) is 42.2 Å². The van der Waals surface area contributed by atoms with E-state index in [-0.39, 0.29) is 0 Å². The molecule has 2 aromatic rings. The lowest BCUT2D eigenvalue weighted by Gasteiger charge is -2.11. The molecule has 0 aromatic carbocycles. The van der Waals surface area contributed by atoms with E-state index in [4.69, 9.17) is 0 Å². The van der Waals surface area contributed by atoms with E-state index in [1.807, 2.05) is 23.7 Å². The van der Waals surface area contributed by atoms with Crippen molar-refractivity contribution in [2.24, 2.45) is 0 Å². The average molecular weight is 202 g/mol. The van der Waals surface area contributed by atoms with Crippen LogP contribution in [0.5, 0.6) is 0 Å². The molecule has 3 rings (SSSR count). The molecule has 0 spiro atoms. The predicted molar refractivity (Wildman–Crippen MR) is 58.0 cm³/mol. The van der Waals surface area contributed by atoms with E-state index in [2.05, 4.69) is 21.5 Å². The van der Waals surface area contributed by atoms with Crippen LogP contribution in [0.1, 0.15) is 23.7 Å². The quantitative estimate of drug-likeness (QED) is 0.753. The van der Waals surface area contributed by atoms with E-state index >= 15 is 0 Å². The number of hydrogen-bond acceptors (Lipinski definition) is 3. The molecule has 0 radical (unpaired) electrons. The molecule has 0 saturated carbocycles. The summed E-state index contributed by atoms with van der Waals surface area (Å²) in [5.74, 6) is 0.578. The Labute approximate surface area is 88.3 Å². The van der Waals surface area contributed by atoms with E-state index in [0.717, 1.165) is 24.4 Å². The fraction of sp³-hybridized carbons (Fsp3) is 0.455. The zero-order valence-corrected chi connectivity index (χ0v) is 8.77. The molecule has 2 aromatic heterocycles. The van der Waals surface area contributed by atoms with Crippen molar-refractivity contribution in [3.8, 4) is 0 Å². The summed E-state index contributed by atoms with van der Waals surface area (Å²) in [6.07, 6.45) is 3.01. The Kier molecular flexibility index (Phi) is 1.95. The van der Waals surface area contributed by atoms with Gasteiger partial charge in [0.15, 0.2) is 5.65 Å². The third-order valence-electron chi connectivity index (χ3n) is 2.99. The summed E-state index contributed by atoms with van der Waals surface area (Å²) in [6.45, 7) is 4.20. The standard InChI is InChI=1S/C11H14N4/c1-8-6-10(9-2-4-12-7-9)15-11(14-8)3-5-13-15/h3,5-6,9,12H,2,4,7H2,1H3. The normalized spacial score (nSPS) is 21.3. The molecule has 0 aliphatic carbocycles. The molecule has 3 heterocycles. The monoisotopic (exact) mass is 202 g/mol. The summed E-state index contributed by atoms with van der Waals surface area (Å²) in [6, 6.07) is 4.11. The SMILES string of the molecule is Cc1cc(C2CCNC2)n2nccc2n1. The number of hydrogen-bond donors (Lipinski definition) is 1. The van der Waals surface area contributed by atoms with Crippen molar-refractivity contribution < 1.29 is 0 Å². The molecule has 4 nitrogen and oxygen atoms in total. The molecule has 1 aliphatic heterocycles. The van der Waals surface area contributed by atoms with E-state index in [9.17, 15) is 0 Å². The Bertz CT molecular complexity index is 482. The van der Waals surface area contributed by atoms with Crippen LogP contribution < -0.4 is 5.32 Å². The number of nitrogens with one attached hydrogen (secondary N) is 1. The molecule has 4 heteroatoms. The van der Waals surface area contributed by atoms with Crippen molar-refractivity contribution in [1.82, 2.24) is 19.9 Å². The largest absolute Gasteiger partial charge is 0.316 e. The molecule has 1 atom stereocenters.